The molecule has 0 bridgehead atoms. The first-order chi connectivity index (χ1) is 8.88. The standard InChI is InChI=1S/C14H17Cl2NO2/c1-4-5-9(2)14(19)17(10(3)18)11-6-7-12(15)13(16)8-11/h6-9H,4-5H2,1-3H3/t9-/m0/s1. The summed E-state index contributed by atoms with van der Waals surface area (Å²) in [5, 5.41) is 0.712. The number of carbonyl (C=O) groups is 2. The molecule has 2 amide bonds. The molecule has 3 nitrogen and oxygen atoms in total. The molecule has 0 heterocycles. The summed E-state index contributed by atoms with van der Waals surface area (Å²) in [5.74, 6) is -0.748. The molecule has 104 valence electrons. The van der Waals surface area contributed by atoms with E-state index in [1.165, 1.54) is 13.0 Å². The second kappa shape index (κ2) is 6.92. The van der Waals surface area contributed by atoms with Crippen LogP contribution in [0.25, 0.3) is 0 Å². The molecule has 19 heavy (non-hydrogen) atoms. The number of imide groups is 1. The molecule has 0 fully saturated rings. The number of carbonyl (C=O) groups excluding carboxylic acids is 2. The first-order valence-corrected chi connectivity index (χ1v) is 6.93. The number of hydrogen-bond donors (Lipinski definition) is 0. The first-order valence-electron chi connectivity index (χ1n) is 6.18. The summed E-state index contributed by atoms with van der Waals surface area (Å²) >= 11 is 11.8. The van der Waals surface area contributed by atoms with E-state index in [0.717, 1.165) is 17.7 Å². The third-order valence-electron chi connectivity index (χ3n) is 2.84. The van der Waals surface area contributed by atoms with E-state index in [1.54, 1.807) is 12.1 Å². The van der Waals surface area contributed by atoms with Crippen molar-refractivity contribution in [3.8, 4) is 0 Å². The van der Waals surface area contributed by atoms with Crippen molar-refractivity contribution in [3.63, 3.8) is 0 Å². The fourth-order valence-corrected chi connectivity index (χ4v) is 2.16. The van der Waals surface area contributed by atoms with Gasteiger partial charge in [0.1, 0.15) is 0 Å². The second-order valence-corrected chi connectivity index (χ2v) is 5.30. The van der Waals surface area contributed by atoms with Gasteiger partial charge in [0.05, 0.1) is 15.7 Å². The van der Waals surface area contributed by atoms with Crippen molar-refractivity contribution in [2.45, 2.75) is 33.6 Å². The van der Waals surface area contributed by atoms with Gasteiger partial charge in [-0.2, -0.15) is 0 Å². The Balaban J connectivity index is 3.10. The lowest BCUT2D eigenvalue weighted by molar-refractivity contribution is -0.127. The Hall–Kier alpha value is -1.06. The van der Waals surface area contributed by atoms with E-state index in [1.807, 2.05) is 13.8 Å². The Morgan fingerprint density at radius 2 is 1.89 bits per heavy atom. The predicted molar refractivity (Wildman–Crippen MR) is 78.7 cm³/mol. The van der Waals surface area contributed by atoms with Crippen molar-refractivity contribution in [3.05, 3.63) is 28.2 Å². The third-order valence-corrected chi connectivity index (χ3v) is 3.58. The largest absolute Gasteiger partial charge is 0.274 e. The van der Waals surface area contributed by atoms with Crippen molar-refractivity contribution in [2.24, 2.45) is 5.92 Å². The van der Waals surface area contributed by atoms with Crippen LogP contribution in [-0.2, 0) is 9.59 Å². The minimum absolute atomic E-state index is 0.205. The normalized spacial score (nSPS) is 12.1. The Labute approximate surface area is 123 Å². The highest BCUT2D eigenvalue weighted by molar-refractivity contribution is 6.42. The maximum Gasteiger partial charge on any atom is 0.236 e. The van der Waals surface area contributed by atoms with Crippen LogP contribution in [0.1, 0.15) is 33.6 Å². The number of rotatable bonds is 4. The summed E-state index contributed by atoms with van der Waals surface area (Å²) in [6, 6.07) is 4.72. The van der Waals surface area contributed by atoms with Gasteiger partial charge < -0.3 is 0 Å². The second-order valence-electron chi connectivity index (χ2n) is 4.48. The predicted octanol–water partition coefficient (Wildman–Crippen LogP) is 4.31. The van der Waals surface area contributed by atoms with Gasteiger partial charge in [-0.1, -0.05) is 43.5 Å². The van der Waals surface area contributed by atoms with Gasteiger partial charge in [0.2, 0.25) is 11.8 Å². The zero-order valence-corrected chi connectivity index (χ0v) is 12.8. The topological polar surface area (TPSA) is 37.4 Å². The quantitative estimate of drug-likeness (QED) is 0.831. The smallest absolute Gasteiger partial charge is 0.236 e. The van der Waals surface area contributed by atoms with Crippen LogP contribution in [0, 0.1) is 5.92 Å². The van der Waals surface area contributed by atoms with Crippen LogP contribution in [0.2, 0.25) is 10.0 Å². The highest BCUT2D eigenvalue weighted by Gasteiger charge is 2.25. The van der Waals surface area contributed by atoms with Crippen molar-refractivity contribution in [1.82, 2.24) is 0 Å². The van der Waals surface area contributed by atoms with Crippen molar-refractivity contribution < 1.29 is 9.59 Å². The van der Waals surface area contributed by atoms with E-state index in [4.69, 9.17) is 23.2 Å². The fourth-order valence-electron chi connectivity index (χ4n) is 1.87. The summed E-state index contributed by atoms with van der Waals surface area (Å²) in [6.07, 6.45) is 1.63. The van der Waals surface area contributed by atoms with Gasteiger partial charge in [-0.15, -0.1) is 0 Å². The Kier molecular flexibility index (Phi) is 5.83. The van der Waals surface area contributed by atoms with Crippen molar-refractivity contribution in [2.75, 3.05) is 4.90 Å². The van der Waals surface area contributed by atoms with Gasteiger partial charge in [0.25, 0.3) is 0 Å². The number of amides is 2. The summed E-state index contributed by atoms with van der Waals surface area (Å²) in [7, 11) is 0. The molecule has 1 aromatic carbocycles. The number of halogens is 2. The number of benzene rings is 1. The van der Waals surface area contributed by atoms with Crippen LogP contribution in [-0.4, -0.2) is 11.8 Å². The molecule has 0 aliphatic carbocycles. The fraction of sp³-hybridized carbons (Fsp3) is 0.429. The molecular weight excluding hydrogens is 285 g/mol. The van der Waals surface area contributed by atoms with E-state index in [2.05, 4.69) is 0 Å². The van der Waals surface area contributed by atoms with Gasteiger partial charge in [0, 0.05) is 12.8 Å². The minimum atomic E-state index is -0.327. The molecule has 0 unspecified atom stereocenters. The maximum absolute atomic E-state index is 12.3. The molecule has 1 aromatic rings. The monoisotopic (exact) mass is 301 g/mol. The molecule has 0 aromatic heterocycles. The molecule has 0 radical (unpaired) electrons. The van der Waals surface area contributed by atoms with Crippen LogP contribution in [0.15, 0.2) is 18.2 Å². The lowest BCUT2D eigenvalue weighted by Crippen LogP contribution is -2.38. The molecule has 1 rings (SSSR count). The molecular formula is C14H17Cl2NO2. The van der Waals surface area contributed by atoms with Crippen LogP contribution in [0.4, 0.5) is 5.69 Å². The lowest BCUT2D eigenvalue weighted by Gasteiger charge is -2.23. The zero-order valence-electron chi connectivity index (χ0n) is 11.2. The molecule has 0 N–H and O–H groups in total. The Bertz CT molecular complexity index is 488. The highest BCUT2D eigenvalue weighted by atomic mass is 35.5. The summed E-state index contributed by atoms with van der Waals surface area (Å²) < 4.78 is 0. The van der Waals surface area contributed by atoms with E-state index in [0.29, 0.717) is 15.7 Å². The van der Waals surface area contributed by atoms with Gasteiger partial charge in [-0.25, -0.2) is 0 Å². The summed E-state index contributed by atoms with van der Waals surface area (Å²) in [5.41, 5.74) is 0.454. The number of nitrogens with zero attached hydrogens (tertiary/aromatic N) is 1. The average molecular weight is 302 g/mol. The Morgan fingerprint density at radius 3 is 2.37 bits per heavy atom. The van der Waals surface area contributed by atoms with E-state index in [9.17, 15) is 9.59 Å². The van der Waals surface area contributed by atoms with Crippen molar-refractivity contribution >= 4 is 40.7 Å². The number of hydrogen-bond acceptors (Lipinski definition) is 2. The molecule has 5 heteroatoms. The molecule has 0 saturated heterocycles. The SMILES string of the molecule is CCC[C@H](C)C(=O)N(C(C)=O)c1ccc(Cl)c(Cl)c1. The van der Waals surface area contributed by atoms with Crippen LogP contribution in [0.5, 0.6) is 0 Å². The molecule has 0 aliphatic rings. The summed E-state index contributed by atoms with van der Waals surface area (Å²) in [4.78, 5) is 25.2. The highest BCUT2D eigenvalue weighted by Crippen LogP contribution is 2.28. The van der Waals surface area contributed by atoms with E-state index in [-0.39, 0.29) is 17.7 Å². The zero-order chi connectivity index (χ0) is 14.6. The first kappa shape index (κ1) is 16.0. The Morgan fingerprint density at radius 1 is 1.26 bits per heavy atom. The lowest BCUT2D eigenvalue weighted by atomic mass is 10.0. The molecule has 0 aliphatic heterocycles. The molecule has 0 spiro atoms. The number of anilines is 1. The third kappa shape index (κ3) is 3.95. The molecule has 0 saturated carbocycles. The van der Waals surface area contributed by atoms with Gasteiger partial charge >= 0.3 is 0 Å². The summed E-state index contributed by atoms with van der Waals surface area (Å²) in [6.45, 7) is 5.18. The van der Waals surface area contributed by atoms with Gasteiger partial charge in [0.15, 0.2) is 0 Å². The van der Waals surface area contributed by atoms with E-state index >= 15 is 0 Å². The van der Waals surface area contributed by atoms with Gasteiger partial charge in [-0.05, 0) is 24.6 Å². The molecule has 1 atom stereocenters. The van der Waals surface area contributed by atoms with Crippen LogP contribution in [0.3, 0.4) is 0 Å². The van der Waals surface area contributed by atoms with Crippen molar-refractivity contribution in [1.29, 1.82) is 0 Å². The average Bonchev–Trinajstić information content (AvgIpc) is 2.33. The van der Waals surface area contributed by atoms with E-state index < -0.39 is 0 Å². The van der Waals surface area contributed by atoms with Crippen LogP contribution < -0.4 is 4.90 Å². The van der Waals surface area contributed by atoms with Gasteiger partial charge in [-0.3, -0.25) is 14.5 Å². The maximum atomic E-state index is 12.3. The minimum Gasteiger partial charge on any atom is -0.274 e. The van der Waals surface area contributed by atoms with Crippen LogP contribution >= 0.6 is 23.2 Å².